The molecular weight excluding hydrogens is 348 g/mol. The van der Waals surface area contributed by atoms with Crippen molar-refractivity contribution in [3.8, 4) is 0 Å². The highest BCUT2D eigenvalue weighted by molar-refractivity contribution is 9.09. The Balaban J connectivity index is 2.03. The van der Waals surface area contributed by atoms with Gasteiger partial charge in [-0.2, -0.15) is 0 Å². The number of amides is 1. The Morgan fingerprint density at radius 1 is 1.50 bits per heavy atom. The normalized spacial score (nSPS) is 21.7. The number of hydrogen-bond donors (Lipinski definition) is 1. The van der Waals surface area contributed by atoms with Crippen molar-refractivity contribution < 1.29 is 9.72 Å². The van der Waals surface area contributed by atoms with Crippen molar-refractivity contribution in [1.82, 2.24) is 5.32 Å². The van der Waals surface area contributed by atoms with Crippen molar-refractivity contribution in [1.29, 1.82) is 0 Å². The van der Waals surface area contributed by atoms with E-state index in [1.807, 2.05) is 0 Å². The van der Waals surface area contributed by atoms with Gasteiger partial charge in [0.1, 0.15) is 5.56 Å². The largest absolute Gasteiger partial charge is 0.352 e. The SMILES string of the molecule is O=C(NCC1CCC(Br)C1)c1ccc(Cl)cc1[N+](=O)[O-]. The van der Waals surface area contributed by atoms with Crippen molar-refractivity contribution in [3.05, 3.63) is 38.9 Å². The Morgan fingerprint density at radius 3 is 2.85 bits per heavy atom. The third kappa shape index (κ3) is 3.70. The standard InChI is InChI=1S/C13H14BrClN2O3/c14-9-2-1-8(5-9)7-16-13(18)11-4-3-10(15)6-12(11)17(19)20/h3-4,6,8-9H,1-2,5,7H2,(H,16,18). The zero-order valence-electron chi connectivity index (χ0n) is 10.6. The number of nitro groups is 1. The molecule has 1 aromatic carbocycles. The number of nitrogens with one attached hydrogen (secondary N) is 1. The van der Waals surface area contributed by atoms with Crippen molar-refractivity contribution >= 4 is 39.1 Å². The third-order valence-electron chi connectivity index (χ3n) is 3.43. The Morgan fingerprint density at radius 2 is 2.25 bits per heavy atom. The highest BCUT2D eigenvalue weighted by atomic mass is 79.9. The average Bonchev–Trinajstić information content (AvgIpc) is 2.81. The number of nitro benzene ring substituents is 1. The first-order valence-electron chi connectivity index (χ1n) is 6.33. The summed E-state index contributed by atoms with van der Waals surface area (Å²) in [4.78, 5) is 22.9. The first-order chi connectivity index (χ1) is 9.47. The van der Waals surface area contributed by atoms with E-state index in [1.54, 1.807) is 0 Å². The van der Waals surface area contributed by atoms with E-state index in [4.69, 9.17) is 11.6 Å². The molecule has 108 valence electrons. The maximum absolute atomic E-state index is 12.0. The maximum atomic E-state index is 12.0. The quantitative estimate of drug-likeness (QED) is 0.506. The number of carbonyl (C=O) groups excluding carboxylic acids is 1. The molecule has 0 aliphatic heterocycles. The second-order valence-corrected chi connectivity index (χ2v) is 6.64. The van der Waals surface area contributed by atoms with Gasteiger partial charge in [0, 0.05) is 22.5 Å². The fraction of sp³-hybridized carbons (Fsp3) is 0.462. The number of alkyl halides is 1. The van der Waals surface area contributed by atoms with Crippen LogP contribution >= 0.6 is 27.5 Å². The molecule has 2 atom stereocenters. The fourth-order valence-corrected chi connectivity index (χ4v) is 3.34. The molecule has 0 saturated heterocycles. The number of rotatable bonds is 4. The summed E-state index contributed by atoms with van der Waals surface area (Å²) in [5.74, 6) is 0.000991. The molecule has 1 aliphatic rings. The van der Waals surface area contributed by atoms with Crippen LogP contribution in [-0.4, -0.2) is 22.2 Å². The molecular formula is C13H14BrClN2O3. The third-order valence-corrected chi connectivity index (χ3v) is 4.50. The lowest BCUT2D eigenvalue weighted by molar-refractivity contribution is -0.385. The minimum Gasteiger partial charge on any atom is -0.352 e. The molecule has 1 saturated carbocycles. The van der Waals surface area contributed by atoms with Crippen LogP contribution in [0.2, 0.25) is 5.02 Å². The van der Waals surface area contributed by atoms with Crippen LogP contribution in [0, 0.1) is 16.0 Å². The van der Waals surface area contributed by atoms with Gasteiger partial charge >= 0.3 is 0 Å². The van der Waals surface area contributed by atoms with Gasteiger partial charge in [0.2, 0.25) is 0 Å². The summed E-state index contributed by atoms with van der Waals surface area (Å²) < 4.78 is 0. The first kappa shape index (κ1) is 15.3. The van der Waals surface area contributed by atoms with Gasteiger partial charge in [-0.15, -0.1) is 0 Å². The predicted octanol–water partition coefficient (Wildman–Crippen LogP) is 3.54. The molecule has 1 aromatic rings. The number of benzene rings is 1. The molecule has 5 nitrogen and oxygen atoms in total. The second kappa shape index (κ2) is 6.54. The number of nitrogens with zero attached hydrogens (tertiary/aromatic N) is 1. The summed E-state index contributed by atoms with van der Waals surface area (Å²) in [5, 5.41) is 14.0. The highest BCUT2D eigenvalue weighted by Gasteiger charge is 2.25. The van der Waals surface area contributed by atoms with E-state index >= 15 is 0 Å². The van der Waals surface area contributed by atoms with Crippen molar-refractivity contribution in [2.75, 3.05) is 6.54 Å². The Bertz CT molecular complexity index is 538. The molecule has 2 rings (SSSR count). The molecule has 1 fully saturated rings. The summed E-state index contributed by atoms with van der Waals surface area (Å²) in [5.41, 5.74) is -0.215. The minimum absolute atomic E-state index is 0.0489. The molecule has 0 heterocycles. The number of carbonyl (C=O) groups is 1. The van der Waals surface area contributed by atoms with Crippen LogP contribution in [0.25, 0.3) is 0 Å². The highest BCUT2D eigenvalue weighted by Crippen LogP contribution is 2.30. The van der Waals surface area contributed by atoms with Gasteiger partial charge in [0.25, 0.3) is 11.6 Å². The number of hydrogen-bond acceptors (Lipinski definition) is 3. The smallest absolute Gasteiger partial charge is 0.283 e. The van der Waals surface area contributed by atoms with E-state index in [-0.39, 0.29) is 16.3 Å². The van der Waals surface area contributed by atoms with E-state index < -0.39 is 10.8 Å². The second-order valence-electron chi connectivity index (χ2n) is 4.90. The minimum atomic E-state index is -0.592. The summed E-state index contributed by atoms with van der Waals surface area (Å²) in [7, 11) is 0. The van der Waals surface area contributed by atoms with Crippen molar-refractivity contribution in [3.63, 3.8) is 0 Å². The maximum Gasteiger partial charge on any atom is 0.283 e. The molecule has 0 bridgehead atoms. The molecule has 2 unspecified atom stereocenters. The molecule has 0 aromatic heterocycles. The predicted molar refractivity (Wildman–Crippen MR) is 80.5 cm³/mol. The summed E-state index contributed by atoms with van der Waals surface area (Å²) in [6, 6.07) is 4.06. The van der Waals surface area contributed by atoms with Gasteiger partial charge < -0.3 is 5.32 Å². The van der Waals surface area contributed by atoms with E-state index in [2.05, 4.69) is 21.2 Å². The Labute approximate surface area is 130 Å². The van der Waals surface area contributed by atoms with E-state index in [9.17, 15) is 14.9 Å². The van der Waals surface area contributed by atoms with E-state index in [0.29, 0.717) is 17.3 Å². The van der Waals surface area contributed by atoms with Crippen LogP contribution in [0.3, 0.4) is 0 Å². The van der Waals surface area contributed by atoms with E-state index in [1.165, 1.54) is 18.2 Å². The van der Waals surface area contributed by atoms with Crippen LogP contribution in [0.4, 0.5) is 5.69 Å². The molecule has 0 spiro atoms. The summed E-state index contributed by atoms with van der Waals surface area (Å²) in [6.45, 7) is 0.542. The average molecular weight is 362 g/mol. The molecule has 0 radical (unpaired) electrons. The van der Waals surface area contributed by atoms with Crippen LogP contribution in [0.1, 0.15) is 29.6 Å². The zero-order chi connectivity index (χ0) is 14.7. The summed E-state index contributed by atoms with van der Waals surface area (Å²) >= 11 is 9.27. The van der Waals surface area contributed by atoms with Gasteiger partial charge in [-0.3, -0.25) is 14.9 Å². The molecule has 20 heavy (non-hydrogen) atoms. The van der Waals surface area contributed by atoms with Crippen LogP contribution in [0.15, 0.2) is 18.2 Å². The summed E-state index contributed by atoms with van der Waals surface area (Å²) in [6.07, 6.45) is 3.17. The van der Waals surface area contributed by atoms with Gasteiger partial charge in [-0.05, 0) is 37.3 Å². The van der Waals surface area contributed by atoms with Crippen LogP contribution in [-0.2, 0) is 0 Å². The lowest BCUT2D eigenvalue weighted by Crippen LogP contribution is -2.29. The van der Waals surface area contributed by atoms with Crippen LogP contribution < -0.4 is 5.32 Å². The molecule has 1 N–H and O–H groups in total. The van der Waals surface area contributed by atoms with Gasteiger partial charge in [0.15, 0.2) is 0 Å². The van der Waals surface area contributed by atoms with Gasteiger partial charge in [-0.1, -0.05) is 27.5 Å². The Hall–Kier alpha value is -1.14. The van der Waals surface area contributed by atoms with Gasteiger partial charge in [0.05, 0.1) is 4.92 Å². The number of halogens is 2. The molecule has 1 amide bonds. The van der Waals surface area contributed by atoms with E-state index in [0.717, 1.165) is 19.3 Å². The topological polar surface area (TPSA) is 72.2 Å². The van der Waals surface area contributed by atoms with Crippen LogP contribution in [0.5, 0.6) is 0 Å². The van der Waals surface area contributed by atoms with Crippen molar-refractivity contribution in [2.45, 2.75) is 24.1 Å². The monoisotopic (exact) mass is 360 g/mol. The molecule has 1 aliphatic carbocycles. The molecule has 7 heteroatoms. The zero-order valence-corrected chi connectivity index (χ0v) is 13.0. The fourth-order valence-electron chi connectivity index (χ4n) is 2.38. The van der Waals surface area contributed by atoms with Crippen molar-refractivity contribution in [2.24, 2.45) is 5.92 Å². The first-order valence-corrected chi connectivity index (χ1v) is 7.63. The lowest BCUT2D eigenvalue weighted by Gasteiger charge is -2.11. The van der Waals surface area contributed by atoms with Gasteiger partial charge in [-0.25, -0.2) is 0 Å². The lowest BCUT2D eigenvalue weighted by atomic mass is 10.1. The Kier molecular flexibility index (Phi) is 4.99.